The van der Waals surface area contributed by atoms with Gasteiger partial charge in [-0.25, -0.2) is 0 Å². The second-order valence-electron chi connectivity index (χ2n) is 3.25. The smallest absolute Gasteiger partial charge is 0.124 e. The maximum Gasteiger partial charge on any atom is 0.124 e. The summed E-state index contributed by atoms with van der Waals surface area (Å²) in [5.74, 6) is 0.857. The molecule has 1 rings (SSSR count). The third-order valence-electron chi connectivity index (χ3n) is 2.09. The van der Waals surface area contributed by atoms with Crippen LogP contribution in [0.1, 0.15) is 24.9 Å². The molecule has 16 heavy (non-hydrogen) atoms. The highest BCUT2D eigenvalue weighted by Gasteiger charge is 2.11. The van der Waals surface area contributed by atoms with Crippen LogP contribution < -0.4 is 10.5 Å². The van der Waals surface area contributed by atoms with Crippen molar-refractivity contribution in [3.05, 3.63) is 40.9 Å². The fourth-order valence-corrected chi connectivity index (χ4v) is 1.78. The Balaban J connectivity index is 0.00000225. The molecule has 2 nitrogen and oxygen atoms in total. The molecule has 0 radical (unpaired) electrons. The molecule has 0 aromatic heterocycles. The summed E-state index contributed by atoms with van der Waals surface area (Å²) in [6.45, 7) is 6.30. The van der Waals surface area contributed by atoms with Gasteiger partial charge in [0.25, 0.3) is 0 Å². The van der Waals surface area contributed by atoms with E-state index >= 15 is 0 Å². The predicted molar refractivity (Wildman–Crippen MR) is 74.3 cm³/mol. The highest BCUT2D eigenvalue weighted by Crippen LogP contribution is 2.29. The molecule has 0 aliphatic rings. The van der Waals surface area contributed by atoms with Gasteiger partial charge in [-0.3, -0.25) is 0 Å². The number of hydrogen-bond acceptors (Lipinski definition) is 2. The summed E-state index contributed by atoms with van der Waals surface area (Å²) in [5, 5.41) is 0. The molecule has 4 heteroatoms. The van der Waals surface area contributed by atoms with E-state index in [0.29, 0.717) is 6.61 Å². The van der Waals surface area contributed by atoms with Gasteiger partial charge < -0.3 is 10.5 Å². The summed E-state index contributed by atoms with van der Waals surface area (Å²) in [5.41, 5.74) is 7.05. The molecule has 0 fully saturated rings. The van der Waals surface area contributed by atoms with Crippen LogP contribution in [-0.4, -0.2) is 6.61 Å². The molecule has 0 saturated carbocycles. The third-order valence-corrected chi connectivity index (χ3v) is 2.58. The SMILES string of the molecule is C=CC[C@H](N)c1cc(Br)ccc1OCC.Cl. The van der Waals surface area contributed by atoms with Crippen LogP contribution in [0.2, 0.25) is 0 Å². The number of rotatable bonds is 5. The number of nitrogens with two attached hydrogens (primary N) is 1. The number of benzene rings is 1. The van der Waals surface area contributed by atoms with Gasteiger partial charge in [0.05, 0.1) is 6.61 Å². The lowest BCUT2D eigenvalue weighted by molar-refractivity contribution is 0.334. The maximum absolute atomic E-state index is 6.03. The van der Waals surface area contributed by atoms with Crippen LogP contribution in [0, 0.1) is 0 Å². The topological polar surface area (TPSA) is 35.2 Å². The molecule has 0 aliphatic carbocycles. The molecular formula is C12H17BrClNO. The van der Waals surface area contributed by atoms with Crippen molar-refractivity contribution in [1.29, 1.82) is 0 Å². The van der Waals surface area contributed by atoms with Crippen molar-refractivity contribution >= 4 is 28.3 Å². The van der Waals surface area contributed by atoms with Crippen molar-refractivity contribution in [1.82, 2.24) is 0 Å². The normalized spacial score (nSPS) is 11.4. The first-order chi connectivity index (χ1) is 7.19. The second kappa shape index (κ2) is 7.71. The first kappa shape index (κ1) is 15.5. The Morgan fingerprint density at radius 2 is 2.25 bits per heavy atom. The summed E-state index contributed by atoms with van der Waals surface area (Å²) >= 11 is 3.43. The zero-order chi connectivity index (χ0) is 11.3. The quantitative estimate of drug-likeness (QED) is 0.839. The van der Waals surface area contributed by atoms with Gasteiger partial charge in [0, 0.05) is 16.1 Å². The minimum absolute atomic E-state index is 0. The Morgan fingerprint density at radius 3 is 2.81 bits per heavy atom. The van der Waals surface area contributed by atoms with Gasteiger partial charge >= 0.3 is 0 Å². The minimum Gasteiger partial charge on any atom is -0.494 e. The van der Waals surface area contributed by atoms with Crippen molar-refractivity contribution in [2.24, 2.45) is 5.73 Å². The van der Waals surface area contributed by atoms with Crippen molar-refractivity contribution in [3.8, 4) is 5.75 Å². The van der Waals surface area contributed by atoms with Gasteiger partial charge in [-0.15, -0.1) is 19.0 Å². The average molecular weight is 307 g/mol. The molecule has 1 aromatic carbocycles. The number of ether oxygens (including phenoxy) is 1. The lowest BCUT2D eigenvalue weighted by atomic mass is 10.0. The van der Waals surface area contributed by atoms with E-state index in [0.717, 1.165) is 22.2 Å². The zero-order valence-electron chi connectivity index (χ0n) is 9.28. The number of halogens is 2. The van der Waals surface area contributed by atoms with Gasteiger partial charge in [-0.05, 0) is 31.5 Å². The summed E-state index contributed by atoms with van der Waals surface area (Å²) in [7, 11) is 0. The zero-order valence-corrected chi connectivity index (χ0v) is 11.7. The monoisotopic (exact) mass is 305 g/mol. The van der Waals surface area contributed by atoms with Crippen LogP contribution in [-0.2, 0) is 0 Å². The fraction of sp³-hybridized carbons (Fsp3) is 0.333. The van der Waals surface area contributed by atoms with Crippen LogP contribution in [0.3, 0.4) is 0 Å². The molecule has 0 bridgehead atoms. The molecule has 0 spiro atoms. The molecule has 0 saturated heterocycles. The molecular weight excluding hydrogens is 289 g/mol. The first-order valence-corrected chi connectivity index (χ1v) is 5.77. The molecule has 0 heterocycles. The van der Waals surface area contributed by atoms with Gasteiger partial charge in [0.1, 0.15) is 5.75 Å². The highest BCUT2D eigenvalue weighted by atomic mass is 79.9. The van der Waals surface area contributed by atoms with Crippen molar-refractivity contribution in [2.45, 2.75) is 19.4 Å². The predicted octanol–water partition coefficient (Wildman–Crippen LogP) is 3.85. The second-order valence-corrected chi connectivity index (χ2v) is 4.16. The van der Waals surface area contributed by atoms with Crippen LogP contribution in [0.4, 0.5) is 0 Å². The number of hydrogen-bond donors (Lipinski definition) is 1. The minimum atomic E-state index is -0.0541. The molecule has 1 atom stereocenters. The van der Waals surface area contributed by atoms with E-state index in [4.69, 9.17) is 10.5 Å². The van der Waals surface area contributed by atoms with Gasteiger partial charge in [-0.1, -0.05) is 22.0 Å². The Bertz CT molecular complexity index is 344. The standard InChI is InChI=1S/C12H16BrNO.ClH/c1-3-5-11(14)10-8-9(13)6-7-12(10)15-4-2;/h3,6-8,11H,1,4-5,14H2,2H3;1H/t11-;/m0./s1. The Hall–Kier alpha value is -0.510. The van der Waals surface area contributed by atoms with Crippen molar-refractivity contribution in [3.63, 3.8) is 0 Å². The molecule has 2 N–H and O–H groups in total. The van der Waals surface area contributed by atoms with Crippen molar-refractivity contribution in [2.75, 3.05) is 6.61 Å². The largest absolute Gasteiger partial charge is 0.494 e. The summed E-state index contributed by atoms with van der Waals surface area (Å²) in [6.07, 6.45) is 2.57. The van der Waals surface area contributed by atoms with E-state index in [1.54, 1.807) is 0 Å². The lowest BCUT2D eigenvalue weighted by Crippen LogP contribution is -2.11. The summed E-state index contributed by atoms with van der Waals surface area (Å²) in [6, 6.07) is 5.83. The average Bonchev–Trinajstić information content (AvgIpc) is 2.21. The first-order valence-electron chi connectivity index (χ1n) is 4.97. The Kier molecular flexibility index (Phi) is 7.47. The Morgan fingerprint density at radius 1 is 1.56 bits per heavy atom. The van der Waals surface area contributed by atoms with E-state index in [1.165, 1.54) is 0 Å². The highest BCUT2D eigenvalue weighted by molar-refractivity contribution is 9.10. The van der Waals surface area contributed by atoms with E-state index in [1.807, 2.05) is 31.2 Å². The fourth-order valence-electron chi connectivity index (χ4n) is 1.40. The Labute approximate surface area is 111 Å². The van der Waals surface area contributed by atoms with E-state index < -0.39 is 0 Å². The van der Waals surface area contributed by atoms with E-state index in [-0.39, 0.29) is 18.4 Å². The van der Waals surface area contributed by atoms with Gasteiger partial charge in [0.2, 0.25) is 0 Å². The van der Waals surface area contributed by atoms with Crippen LogP contribution in [0.15, 0.2) is 35.3 Å². The molecule has 90 valence electrons. The lowest BCUT2D eigenvalue weighted by Gasteiger charge is -2.15. The third kappa shape index (κ3) is 4.16. The van der Waals surface area contributed by atoms with Crippen molar-refractivity contribution < 1.29 is 4.74 Å². The van der Waals surface area contributed by atoms with E-state index in [9.17, 15) is 0 Å². The molecule has 0 unspecified atom stereocenters. The van der Waals surface area contributed by atoms with Crippen LogP contribution in [0.25, 0.3) is 0 Å². The summed E-state index contributed by atoms with van der Waals surface area (Å²) < 4.78 is 6.54. The van der Waals surface area contributed by atoms with Gasteiger partial charge in [-0.2, -0.15) is 0 Å². The molecule has 0 aliphatic heterocycles. The van der Waals surface area contributed by atoms with Gasteiger partial charge in [0.15, 0.2) is 0 Å². The van der Waals surface area contributed by atoms with E-state index in [2.05, 4.69) is 22.5 Å². The van der Waals surface area contributed by atoms with Crippen LogP contribution >= 0.6 is 28.3 Å². The molecule has 1 aromatic rings. The maximum atomic E-state index is 6.03. The van der Waals surface area contributed by atoms with Crippen LogP contribution in [0.5, 0.6) is 5.75 Å². The molecule has 0 amide bonds. The summed E-state index contributed by atoms with van der Waals surface area (Å²) in [4.78, 5) is 0.